The molecular formula is C15H22N2O2. The summed E-state index contributed by atoms with van der Waals surface area (Å²) < 4.78 is 5.46. The molecule has 2 fully saturated rings. The van der Waals surface area contributed by atoms with E-state index in [-0.39, 0.29) is 5.75 Å². The molecule has 0 spiro atoms. The van der Waals surface area contributed by atoms with Gasteiger partial charge in [-0.05, 0) is 49.7 Å². The van der Waals surface area contributed by atoms with Crippen LogP contribution in [-0.2, 0) is 11.3 Å². The first-order valence-corrected chi connectivity index (χ1v) is 7.15. The number of nitrogens with zero attached hydrogens (tertiary/aromatic N) is 1. The molecule has 4 nitrogen and oxygen atoms in total. The van der Waals surface area contributed by atoms with Gasteiger partial charge in [0, 0.05) is 25.9 Å². The van der Waals surface area contributed by atoms with Gasteiger partial charge in [-0.3, -0.25) is 4.98 Å². The van der Waals surface area contributed by atoms with Crippen molar-refractivity contribution in [2.24, 2.45) is 11.8 Å². The highest BCUT2D eigenvalue weighted by molar-refractivity contribution is 5.24. The maximum absolute atomic E-state index is 9.69. The smallest absolute Gasteiger partial charge is 0.138 e. The summed E-state index contributed by atoms with van der Waals surface area (Å²) in [6.45, 7) is 0.657. The molecule has 1 aromatic heterocycles. The van der Waals surface area contributed by atoms with Crippen molar-refractivity contribution < 1.29 is 9.84 Å². The molecule has 0 bridgehead atoms. The van der Waals surface area contributed by atoms with Gasteiger partial charge >= 0.3 is 0 Å². The van der Waals surface area contributed by atoms with Crippen LogP contribution in [0.25, 0.3) is 0 Å². The summed E-state index contributed by atoms with van der Waals surface area (Å²) in [6.07, 6.45) is 7.11. The van der Waals surface area contributed by atoms with Crippen molar-refractivity contribution in [3.05, 3.63) is 24.0 Å². The summed E-state index contributed by atoms with van der Waals surface area (Å²) >= 11 is 0. The van der Waals surface area contributed by atoms with Crippen LogP contribution >= 0.6 is 0 Å². The van der Waals surface area contributed by atoms with Gasteiger partial charge in [0.15, 0.2) is 0 Å². The number of aromatic nitrogens is 1. The van der Waals surface area contributed by atoms with Crippen molar-refractivity contribution in [3.8, 4) is 5.75 Å². The van der Waals surface area contributed by atoms with Gasteiger partial charge in [-0.25, -0.2) is 0 Å². The molecule has 0 radical (unpaired) electrons. The molecule has 1 aromatic rings. The second kappa shape index (κ2) is 5.47. The Hall–Kier alpha value is -1.13. The molecule has 2 aliphatic carbocycles. The van der Waals surface area contributed by atoms with Crippen LogP contribution in [0.4, 0.5) is 0 Å². The zero-order chi connectivity index (χ0) is 13.2. The molecule has 4 heteroatoms. The highest BCUT2D eigenvalue weighted by Gasteiger charge is 2.41. The van der Waals surface area contributed by atoms with Crippen molar-refractivity contribution in [1.29, 1.82) is 0 Å². The molecule has 0 amide bonds. The number of fused-ring (bicyclic) bond motifs is 1. The molecule has 0 saturated heterocycles. The second-order valence-electron chi connectivity index (χ2n) is 5.87. The number of aromatic hydroxyl groups is 1. The fourth-order valence-corrected chi connectivity index (χ4v) is 3.73. The van der Waals surface area contributed by atoms with Gasteiger partial charge in [-0.1, -0.05) is 0 Å². The lowest BCUT2D eigenvalue weighted by Crippen LogP contribution is -2.27. The van der Waals surface area contributed by atoms with Crippen LogP contribution in [0.2, 0.25) is 0 Å². The molecule has 104 valence electrons. The topological polar surface area (TPSA) is 54.4 Å². The van der Waals surface area contributed by atoms with Crippen LogP contribution in [0.5, 0.6) is 5.75 Å². The van der Waals surface area contributed by atoms with E-state index in [0.29, 0.717) is 18.7 Å². The van der Waals surface area contributed by atoms with Crippen molar-refractivity contribution in [2.75, 3.05) is 7.11 Å². The van der Waals surface area contributed by atoms with E-state index in [2.05, 4.69) is 10.3 Å². The van der Waals surface area contributed by atoms with Crippen molar-refractivity contribution in [3.63, 3.8) is 0 Å². The van der Waals surface area contributed by atoms with Gasteiger partial charge < -0.3 is 15.2 Å². The van der Waals surface area contributed by atoms with E-state index in [0.717, 1.165) is 17.5 Å². The minimum atomic E-state index is 0.285. The Morgan fingerprint density at radius 1 is 1.32 bits per heavy atom. The van der Waals surface area contributed by atoms with E-state index in [1.807, 2.05) is 7.11 Å². The molecule has 2 unspecified atom stereocenters. The standard InChI is InChI=1S/C15H22N2O2/c1-19-13-7-10-5-12(6-11(10)8-13)17-9-14-15(18)3-2-4-16-14/h2-4,10-13,17-18H,5-9H2,1H3/t10-,11+,12?,13?. The Morgan fingerprint density at radius 2 is 2.05 bits per heavy atom. The molecule has 0 aromatic carbocycles. The number of nitrogens with one attached hydrogen (secondary N) is 1. The Morgan fingerprint density at radius 3 is 2.68 bits per heavy atom. The Kier molecular flexibility index (Phi) is 3.71. The fourth-order valence-electron chi connectivity index (χ4n) is 3.73. The van der Waals surface area contributed by atoms with E-state index in [4.69, 9.17) is 4.74 Å². The maximum atomic E-state index is 9.69. The predicted octanol–water partition coefficient (Wildman–Crippen LogP) is 2.08. The van der Waals surface area contributed by atoms with Crippen molar-refractivity contribution >= 4 is 0 Å². The van der Waals surface area contributed by atoms with Crippen LogP contribution in [0.3, 0.4) is 0 Å². The molecule has 0 aliphatic heterocycles. The molecular weight excluding hydrogens is 240 g/mol. The summed E-state index contributed by atoms with van der Waals surface area (Å²) in [7, 11) is 1.82. The van der Waals surface area contributed by atoms with Gasteiger partial charge in [0.2, 0.25) is 0 Å². The third kappa shape index (κ3) is 2.74. The average molecular weight is 262 g/mol. The number of rotatable bonds is 4. The van der Waals surface area contributed by atoms with Crippen LogP contribution in [0.15, 0.2) is 18.3 Å². The number of methoxy groups -OCH3 is 1. The largest absolute Gasteiger partial charge is 0.506 e. The highest BCUT2D eigenvalue weighted by Crippen LogP contribution is 2.45. The quantitative estimate of drug-likeness (QED) is 0.872. The van der Waals surface area contributed by atoms with Crippen LogP contribution in [0, 0.1) is 11.8 Å². The number of hydrogen-bond donors (Lipinski definition) is 2. The van der Waals surface area contributed by atoms with E-state index in [1.54, 1.807) is 18.3 Å². The number of hydrogen-bond acceptors (Lipinski definition) is 4. The van der Waals surface area contributed by atoms with Crippen LogP contribution < -0.4 is 5.32 Å². The zero-order valence-corrected chi connectivity index (χ0v) is 11.4. The fraction of sp³-hybridized carbons (Fsp3) is 0.667. The van der Waals surface area contributed by atoms with E-state index in [9.17, 15) is 5.11 Å². The van der Waals surface area contributed by atoms with Gasteiger partial charge in [0.25, 0.3) is 0 Å². The summed E-state index contributed by atoms with van der Waals surface area (Å²) in [4.78, 5) is 4.20. The van der Waals surface area contributed by atoms with Gasteiger partial charge in [-0.15, -0.1) is 0 Å². The van der Waals surface area contributed by atoms with E-state index >= 15 is 0 Å². The Balaban J connectivity index is 1.50. The number of ether oxygens (including phenoxy) is 1. The minimum Gasteiger partial charge on any atom is -0.506 e. The third-order valence-corrected chi connectivity index (χ3v) is 4.73. The molecule has 4 atom stereocenters. The normalized spacial score (nSPS) is 33.5. The molecule has 2 aliphatic rings. The van der Waals surface area contributed by atoms with Gasteiger partial charge in [0.1, 0.15) is 5.75 Å². The monoisotopic (exact) mass is 262 g/mol. The first-order chi connectivity index (χ1) is 9.26. The van der Waals surface area contributed by atoms with Gasteiger partial charge in [-0.2, -0.15) is 0 Å². The maximum Gasteiger partial charge on any atom is 0.138 e. The average Bonchev–Trinajstić information content (AvgIpc) is 2.95. The zero-order valence-electron chi connectivity index (χ0n) is 11.4. The van der Waals surface area contributed by atoms with Crippen LogP contribution in [0.1, 0.15) is 31.4 Å². The molecule has 2 N–H and O–H groups in total. The minimum absolute atomic E-state index is 0.285. The van der Waals surface area contributed by atoms with Crippen molar-refractivity contribution in [1.82, 2.24) is 10.3 Å². The molecule has 19 heavy (non-hydrogen) atoms. The summed E-state index contributed by atoms with van der Waals surface area (Å²) in [5, 5.41) is 13.2. The lowest BCUT2D eigenvalue weighted by Gasteiger charge is -2.15. The second-order valence-corrected chi connectivity index (χ2v) is 5.87. The first-order valence-electron chi connectivity index (χ1n) is 7.15. The Bertz CT molecular complexity index is 424. The molecule has 3 rings (SSSR count). The highest BCUT2D eigenvalue weighted by atomic mass is 16.5. The summed E-state index contributed by atoms with van der Waals surface area (Å²) in [5.74, 6) is 1.92. The lowest BCUT2D eigenvalue weighted by atomic mass is 10.0. The van der Waals surface area contributed by atoms with Gasteiger partial charge in [0.05, 0.1) is 11.8 Å². The van der Waals surface area contributed by atoms with E-state index < -0.39 is 0 Å². The summed E-state index contributed by atoms with van der Waals surface area (Å²) in [6, 6.07) is 4.01. The lowest BCUT2D eigenvalue weighted by molar-refractivity contribution is 0.100. The van der Waals surface area contributed by atoms with Crippen molar-refractivity contribution in [2.45, 2.75) is 44.4 Å². The molecule has 1 heterocycles. The first kappa shape index (κ1) is 12.9. The third-order valence-electron chi connectivity index (χ3n) is 4.73. The molecule has 2 saturated carbocycles. The van der Waals surface area contributed by atoms with Crippen LogP contribution in [-0.4, -0.2) is 29.3 Å². The van der Waals surface area contributed by atoms with E-state index in [1.165, 1.54) is 25.7 Å². The predicted molar refractivity (Wildman–Crippen MR) is 72.8 cm³/mol. The summed E-state index contributed by atoms with van der Waals surface area (Å²) in [5.41, 5.74) is 0.745. The Labute approximate surface area is 114 Å². The number of pyridine rings is 1. The SMILES string of the molecule is COC1C[C@H]2CC(NCc3ncccc3O)C[C@H]2C1.